The van der Waals surface area contributed by atoms with E-state index in [1.54, 1.807) is 14.1 Å². The minimum Gasteiger partial charge on any atom is -0.508 e. The first kappa shape index (κ1) is 30.3. The first-order valence-corrected chi connectivity index (χ1v) is 13.6. The zero-order valence-electron chi connectivity index (χ0n) is 24.6. The van der Waals surface area contributed by atoms with Crippen LogP contribution in [0.1, 0.15) is 37.0 Å². The second kappa shape index (κ2) is 10.6. The highest BCUT2D eigenvalue weighted by Crippen LogP contribution is 2.54. The maximum absolute atomic E-state index is 14.1. The molecule has 0 spiro atoms. The topological polar surface area (TPSA) is 168 Å². The smallest absolute Gasteiger partial charge is 0.255 e. The number of aliphatic hydroxyl groups excluding tert-OH is 2. The number of nitrogens with zero attached hydrogens (tertiary/aromatic N) is 3. The van der Waals surface area contributed by atoms with E-state index < -0.39 is 58.0 Å². The molecule has 3 aliphatic carbocycles. The van der Waals surface area contributed by atoms with Crippen molar-refractivity contribution in [2.45, 2.75) is 44.9 Å². The van der Waals surface area contributed by atoms with Gasteiger partial charge in [0, 0.05) is 49.9 Å². The maximum atomic E-state index is 14.1. The minimum absolute atomic E-state index is 0.0481. The molecule has 1 fully saturated rings. The number of rotatable bonds is 7. The average molecular weight is 569 g/mol. The van der Waals surface area contributed by atoms with Gasteiger partial charge in [-0.15, -0.1) is 0 Å². The second-order valence-electron chi connectivity index (χ2n) is 11.9. The third-order valence-electron chi connectivity index (χ3n) is 8.71. The Morgan fingerprint density at radius 1 is 1.15 bits per heavy atom. The molecule has 0 heterocycles. The lowest BCUT2D eigenvalue weighted by Gasteiger charge is -2.50. The van der Waals surface area contributed by atoms with Crippen LogP contribution in [0.15, 0.2) is 34.6 Å². The van der Waals surface area contributed by atoms with Crippen LogP contribution < -0.4 is 10.6 Å². The number of anilines is 1. The Labute approximate surface area is 239 Å². The molecular weight excluding hydrogens is 528 g/mol. The number of carbonyl (C=O) groups excluding carboxylic acids is 3. The predicted molar refractivity (Wildman–Crippen MR) is 154 cm³/mol. The lowest BCUT2D eigenvalue weighted by Crippen LogP contribution is -2.65. The lowest BCUT2D eigenvalue weighted by atomic mass is 9.57. The molecule has 1 amide bonds. The monoisotopic (exact) mass is 568 g/mol. The van der Waals surface area contributed by atoms with Crippen molar-refractivity contribution in [1.82, 2.24) is 9.80 Å². The summed E-state index contributed by atoms with van der Waals surface area (Å²) in [4.78, 5) is 44.9. The summed E-state index contributed by atoms with van der Waals surface area (Å²) in [5, 5.41) is 45.9. The van der Waals surface area contributed by atoms with Crippen molar-refractivity contribution in [1.29, 1.82) is 0 Å². The van der Waals surface area contributed by atoms with E-state index in [9.17, 15) is 34.8 Å². The van der Waals surface area contributed by atoms with E-state index in [1.165, 1.54) is 4.90 Å². The summed E-state index contributed by atoms with van der Waals surface area (Å²) in [6.45, 7) is 4.97. The van der Waals surface area contributed by atoms with Crippen LogP contribution in [-0.2, 0) is 27.3 Å². The van der Waals surface area contributed by atoms with Crippen LogP contribution in [0.3, 0.4) is 0 Å². The molecule has 0 aromatic heterocycles. The third-order valence-corrected chi connectivity index (χ3v) is 8.71. The Kier molecular flexibility index (Phi) is 7.85. The first-order valence-electron chi connectivity index (χ1n) is 13.6. The number of fused-ring (bicyclic) bond motifs is 3. The molecule has 11 nitrogen and oxygen atoms in total. The summed E-state index contributed by atoms with van der Waals surface area (Å²) < 4.78 is 0. The molecule has 0 saturated heterocycles. The van der Waals surface area contributed by atoms with Crippen LogP contribution in [-0.4, -0.2) is 101 Å². The van der Waals surface area contributed by atoms with Crippen molar-refractivity contribution in [3.8, 4) is 5.75 Å². The highest BCUT2D eigenvalue weighted by atomic mass is 16.3. The summed E-state index contributed by atoms with van der Waals surface area (Å²) in [6.07, 6.45) is 2.29. The van der Waals surface area contributed by atoms with Crippen LogP contribution in [0.4, 0.5) is 5.69 Å². The van der Waals surface area contributed by atoms with Gasteiger partial charge >= 0.3 is 0 Å². The molecule has 1 saturated carbocycles. The number of hydrogen-bond donors (Lipinski definition) is 5. The molecule has 4 atom stereocenters. The van der Waals surface area contributed by atoms with Gasteiger partial charge in [0.1, 0.15) is 22.8 Å². The van der Waals surface area contributed by atoms with E-state index >= 15 is 0 Å². The number of phenolic OH excluding ortho intramolecular Hbond substituents is 1. The number of allylic oxidation sites excluding steroid dienone is 1. The molecule has 41 heavy (non-hydrogen) atoms. The number of benzene rings is 1. The van der Waals surface area contributed by atoms with Crippen molar-refractivity contribution >= 4 is 28.9 Å². The number of Topliss-reactive ketones (excluding diaryl/α,β-unsaturated/α-hetero) is 2. The van der Waals surface area contributed by atoms with Crippen molar-refractivity contribution < 1.29 is 34.8 Å². The summed E-state index contributed by atoms with van der Waals surface area (Å²) in [6, 6.07) is 0.753. The number of carbonyl (C=O) groups is 3. The Morgan fingerprint density at radius 3 is 2.32 bits per heavy atom. The first-order chi connectivity index (χ1) is 19.1. The van der Waals surface area contributed by atoms with Crippen molar-refractivity contribution in [3.05, 3.63) is 51.3 Å². The van der Waals surface area contributed by atoms with Gasteiger partial charge in [0.15, 0.2) is 11.4 Å². The highest BCUT2D eigenvalue weighted by Gasteiger charge is 2.64. The molecule has 222 valence electrons. The van der Waals surface area contributed by atoms with E-state index in [4.69, 9.17) is 5.73 Å². The number of phenols is 1. The van der Waals surface area contributed by atoms with Gasteiger partial charge in [-0.3, -0.25) is 24.2 Å². The van der Waals surface area contributed by atoms with Crippen LogP contribution in [0.2, 0.25) is 0 Å². The number of aromatic hydroxyl groups is 1. The number of aliphatic hydroxyl groups is 3. The van der Waals surface area contributed by atoms with Crippen LogP contribution in [0.25, 0.3) is 5.76 Å². The number of ketones is 2. The number of nitrogens with two attached hydrogens (primary N) is 1. The molecule has 0 aliphatic heterocycles. The standard InChI is InChI=1S/C30H40N4O7/c1-8-14(2)12-34(7)13-16-11-19(32(3)4)17-9-15-10-18-23(33(5)6)26(37)22(29(31)40)28(39)30(18,41)27(38)20(15)25(36)21(17)24(16)35/h8,11,15,18,23,35-36,39,41H,9-10,12-13H2,1-7H3,(H2,31,40)/b14-8+/t15-,18-,23-,30-/m0/s1. The van der Waals surface area contributed by atoms with E-state index in [1.807, 2.05) is 56.9 Å². The van der Waals surface area contributed by atoms with Gasteiger partial charge in [-0.1, -0.05) is 11.6 Å². The largest absolute Gasteiger partial charge is 0.508 e. The second-order valence-corrected chi connectivity index (χ2v) is 11.9. The predicted octanol–water partition coefficient (Wildman–Crippen LogP) is 1.43. The van der Waals surface area contributed by atoms with Crippen LogP contribution in [0.5, 0.6) is 5.75 Å². The molecule has 11 heteroatoms. The summed E-state index contributed by atoms with van der Waals surface area (Å²) >= 11 is 0. The van der Waals surface area contributed by atoms with Gasteiger partial charge in [-0.05, 0) is 65.4 Å². The molecule has 0 radical (unpaired) electrons. The minimum atomic E-state index is -2.66. The van der Waals surface area contributed by atoms with Crippen molar-refractivity contribution in [2.75, 3.05) is 46.7 Å². The van der Waals surface area contributed by atoms with Crippen LogP contribution in [0, 0.1) is 11.8 Å². The van der Waals surface area contributed by atoms with Gasteiger partial charge in [-0.2, -0.15) is 0 Å². The van der Waals surface area contributed by atoms with Gasteiger partial charge in [0.2, 0.25) is 5.78 Å². The Bertz CT molecular complexity index is 1420. The van der Waals surface area contributed by atoms with Crippen molar-refractivity contribution in [3.63, 3.8) is 0 Å². The van der Waals surface area contributed by atoms with E-state index in [0.29, 0.717) is 24.2 Å². The number of amides is 1. The third kappa shape index (κ3) is 4.61. The summed E-state index contributed by atoms with van der Waals surface area (Å²) in [5.41, 5.74) is 4.92. The molecule has 1 aromatic rings. The zero-order chi connectivity index (χ0) is 30.7. The number of hydrogen-bond acceptors (Lipinski definition) is 10. The fourth-order valence-corrected chi connectivity index (χ4v) is 6.73. The summed E-state index contributed by atoms with van der Waals surface area (Å²) in [5.74, 6) is -6.55. The lowest BCUT2D eigenvalue weighted by molar-refractivity contribution is -0.153. The maximum Gasteiger partial charge on any atom is 0.255 e. The highest BCUT2D eigenvalue weighted by molar-refractivity contribution is 6.24. The van der Waals surface area contributed by atoms with E-state index in [2.05, 4.69) is 0 Å². The fourth-order valence-electron chi connectivity index (χ4n) is 6.73. The van der Waals surface area contributed by atoms with Gasteiger partial charge < -0.3 is 31.1 Å². The molecule has 4 rings (SSSR count). The van der Waals surface area contributed by atoms with Gasteiger partial charge in [0.25, 0.3) is 5.91 Å². The normalized spacial score (nSPS) is 26.4. The average Bonchev–Trinajstić information content (AvgIpc) is 2.87. The fraction of sp³-hybridized carbons (Fsp3) is 0.500. The Balaban J connectivity index is 1.93. The van der Waals surface area contributed by atoms with E-state index in [0.717, 1.165) is 11.3 Å². The Hall–Kier alpha value is -3.67. The van der Waals surface area contributed by atoms with Crippen LogP contribution >= 0.6 is 0 Å². The number of likely N-dealkylation sites (N-methyl/N-ethyl adjacent to an activating group) is 2. The zero-order valence-corrected chi connectivity index (χ0v) is 24.6. The summed E-state index contributed by atoms with van der Waals surface area (Å²) in [7, 11) is 8.76. The molecule has 3 aliphatic rings. The quantitative estimate of drug-likeness (QED) is 0.240. The number of primary amides is 1. The molecule has 1 aromatic carbocycles. The van der Waals surface area contributed by atoms with E-state index in [-0.39, 0.29) is 29.7 Å². The molecule has 0 bridgehead atoms. The Morgan fingerprint density at radius 2 is 1.78 bits per heavy atom. The molecular formula is C30H40N4O7. The van der Waals surface area contributed by atoms with Gasteiger partial charge in [0.05, 0.1) is 11.6 Å². The molecule has 6 N–H and O–H groups in total. The SMILES string of the molecule is C/C=C(\C)CN(C)Cc1cc(N(C)C)c2c(c1O)C(O)=C1C(=O)[C@]3(O)C(O)=C(C(N)=O)C(=O)[C@@H](N(C)C)[C@@H]3C[C@@H]1C2. The van der Waals surface area contributed by atoms with Gasteiger partial charge in [-0.25, -0.2) is 0 Å². The molecule has 0 unspecified atom stereocenters. The van der Waals surface area contributed by atoms with Crippen molar-refractivity contribution in [2.24, 2.45) is 17.6 Å².